The molecule has 1 unspecified atom stereocenters. The van der Waals surface area contributed by atoms with Crippen LogP contribution in [-0.4, -0.2) is 60.1 Å². The van der Waals surface area contributed by atoms with E-state index in [1.807, 2.05) is 6.92 Å². The summed E-state index contributed by atoms with van der Waals surface area (Å²) in [6, 6.07) is 3.73. The molecule has 21 heavy (non-hydrogen) atoms. The molecule has 1 heterocycles. The molecule has 0 bridgehead atoms. The Morgan fingerprint density at radius 2 is 1.86 bits per heavy atom. The summed E-state index contributed by atoms with van der Waals surface area (Å²) < 4.78 is 0. The smallest absolute Gasteiger partial charge is 0.104 e. The molecule has 0 aromatic heterocycles. The second-order valence-electron chi connectivity index (χ2n) is 7.31. The van der Waals surface area contributed by atoms with Gasteiger partial charge in [-0.1, -0.05) is 0 Å². The Labute approximate surface area is 130 Å². The average molecular weight is 292 g/mol. The van der Waals surface area contributed by atoms with Crippen molar-refractivity contribution < 1.29 is 0 Å². The normalized spacial score (nSPS) is 24.0. The molecule has 2 rings (SSSR count). The molecule has 1 saturated heterocycles. The number of nitriles is 1. The molecule has 0 aromatic carbocycles. The Morgan fingerprint density at radius 1 is 1.19 bits per heavy atom. The van der Waals surface area contributed by atoms with E-state index in [0.717, 1.165) is 18.9 Å². The molecule has 4 heteroatoms. The van der Waals surface area contributed by atoms with Gasteiger partial charge in [-0.15, -0.1) is 0 Å². The molecule has 0 amide bonds. The first kappa shape index (κ1) is 16.7. The minimum atomic E-state index is -0.362. The second-order valence-corrected chi connectivity index (χ2v) is 7.31. The molecular formula is C17H32N4. The minimum Gasteiger partial charge on any atom is -0.301 e. The van der Waals surface area contributed by atoms with E-state index in [4.69, 9.17) is 0 Å². The highest BCUT2D eigenvalue weighted by molar-refractivity contribution is 5.04. The predicted molar refractivity (Wildman–Crippen MR) is 87.2 cm³/mol. The van der Waals surface area contributed by atoms with E-state index < -0.39 is 0 Å². The highest BCUT2D eigenvalue weighted by atomic mass is 15.3. The van der Waals surface area contributed by atoms with E-state index in [-0.39, 0.29) is 5.54 Å². The number of nitrogens with zero attached hydrogens (tertiary/aromatic N) is 3. The summed E-state index contributed by atoms with van der Waals surface area (Å²) in [6.07, 6.45) is 6.14. The summed E-state index contributed by atoms with van der Waals surface area (Å²) in [6.45, 7) is 12.4. The lowest BCUT2D eigenvalue weighted by atomic mass is 9.95. The lowest BCUT2D eigenvalue weighted by molar-refractivity contribution is 0.124. The largest absolute Gasteiger partial charge is 0.301 e. The van der Waals surface area contributed by atoms with Gasteiger partial charge in [-0.05, 0) is 59.4 Å². The van der Waals surface area contributed by atoms with Crippen LogP contribution in [0.2, 0.25) is 0 Å². The van der Waals surface area contributed by atoms with E-state index in [1.165, 1.54) is 52.0 Å². The molecule has 4 nitrogen and oxygen atoms in total. The lowest BCUT2D eigenvalue weighted by Gasteiger charge is -2.35. The van der Waals surface area contributed by atoms with Crippen LogP contribution in [0, 0.1) is 11.3 Å². The molecule has 0 radical (unpaired) electrons. The molecule has 1 aliphatic heterocycles. The van der Waals surface area contributed by atoms with Gasteiger partial charge >= 0.3 is 0 Å². The Morgan fingerprint density at radius 3 is 2.38 bits per heavy atom. The van der Waals surface area contributed by atoms with Crippen molar-refractivity contribution in [2.75, 3.05) is 32.7 Å². The first-order chi connectivity index (χ1) is 10.0. The molecule has 1 saturated carbocycles. The summed E-state index contributed by atoms with van der Waals surface area (Å²) in [5.41, 5.74) is -0.362. The Kier molecular flexibility index (Phi) is 6.04. The topological polar surface area (TPSA) is 42.3 Å². The monoisotopic (exact) mass is 292 g/mol. The fourth-order valence-electron chi connectivity index (χ4n) is 3.40. The van der Waals surface area contributed by atoms with Gasteiger partial charge in [0.05, 0.1) is 6.07 Å². The summed E-state index contributed by atoms with van der Waals surface area (Å²) in [5.74, 6) is 0. The van der Waals surface area contributed by atoms with Crippen molar-refractivity contribution in [1.82, 2.24) is 15.1 Å². The highest BCUT2D eigenvalue weighted by Crippen LogP contribution is 2.27. The number of unbranched alkanes of at least 4 members (excludes halogenated alkanes) is 1. The van der Waals surface area contributed by atoms with Crippen molar-refractivity contribution >= 4 is 0 Å². The van der Waals surface area contributed by atoms with Crippen molar-refractivity contribution in [3.05, 3.63) is 0 Å². The Bertz CT molecular complexity index is 350. The first-order valence-electron chi connectivity index (χ1n) is 8.68. The van der Waals surface area contributed by atoms with Crippen LogP contribution in [0.1, 0.15) is 52.9 Å². The van der Waals surface area contributed by atoms with Gasteiger partial charge in [-0.3, -0.25) is 10.2 Å². The second kappa shape index (κ2) is 7.58. The summed E-state index contributed by atoms with van der Waals surface area (Å²) in [5, 5.41) is 12.7. The summed E-state index contributed by atoms with van der Waals surface area (Å²) in [7, 11) is 0. The predicted octanol–water partition coefficient (Wildman–Crippen LogP) is 2.22. The zero-order valence-electron chi connectivity index (χ0n) is 14.1. The number of hydrogen-bond donors (Lipinski definition) is 1. The van der Waals surface area contributed by atoms with Gasteiger partial charge in [-0.2, -0.15) is 5.26 Å². The van der Waals surface area contributed by atoms with Gasteiger partial charge in [0, 0.05) is 38.3 Å². The van der Waals surface area contributed by atoms with Crippen molar-refractivity contribution in [2.24, 2.45) is 0 Å². The van der Waals surface area contributed by atoms with Crippen LogP contribution in [0.3, 0.4) is 0 Å². The van der Waals surface area contributed by atoms with Crippen LogP contribution in [-0.2, 0) is 0 Å². The minimum absolute atomic E-state index is 0.362. The van der Waals surface area contributed by atoms with Crippen LogP contribution in [0.5, 0.6) is 0 Å². The lowest BCUT2D eigenvalue weighted by Crippen LogP contribution is -2.47. The zero-order valence-corrected chi connectivity index (χ0v) is 14.1. The van der Waals surface area contributed by atoms with E-state index >= 15 is 0 Å². The molecule has 0 spiro atoms. The van der Waals surface area contributed by atoms with Crippen LogP contribution >= 0.6 is 0 Å². The van der Waals surface area contributed by atoms with E-state index in [9.17, 15) is 5.26 Å². The third kappa shape index (κ3) is 5.58. The average Bonchev–Trinajstić information content (AvgIpc) is 3.28. The maximum atomic E-state index is 9.34. The Balaban J connectivity index is 1.58. The van der Waals surface area contributed by atoms with Gasteiger partial charge in [-0.25, -0.2) is 0 Å². The molecule has 1 aliphatic carbocycles. The van der Waals surface area contributed by atoms with Crippen molar-refractivity contribution in [2.45, 2.75) is 70.5 Å². The van der Waals surface area contributed by atoms with Gasteiger partial charge in [0.1, 0.15) is 5.54 Å². The van der Waals surface area contributed by atoms with Gasteiger partial charge < -0.3 is 4.90 Å². The molecule has 1 atom stereocenters. The van der Waals surface area contributed by atoms with Gasteiger partial charge in [0.15, 0.2) is 0 Å². The Hall–Kier alpha value is -0.630. The van der Waals surface area contributed by atoms with Crippen LogP contribution in [0.15, 0.2) is 0 Å². The highest BCUT2D eigenvalue weighted by Gasteiger charge is 2.31. The molecular weight excluding hydrogens is 260 g/mol. The van der Waals surface area contributed by atoms with Gasteiger partial charge in [0.2, 0.25) is 0 Å². The molecule has 120 valence electrons. The fraction of sp³-hybridized carbons (Fsp3) is 0.941. The standard InChI is InChI=1S/C17H32N4/c1-15(2)19-17(3,14-18)8-4-5-9-20-10-12-21(13-11-20)16-6-7-16/h15-16,19H,4-13H2,1-3H3. The molecule has 0 aromatic rings. The van der Waals surface area contributed by atoms with Crippen LogP contribution in [0.4, 0.5) is 0 Å². The quantitative estimate of drug-likeness (QED) is 0.697. The maximum absolute atomic E-state index is 9.34. The maximum Gasteiger partial charge on any atom is 0.104 e. The van der Waals surface area contributed by atoms with Crippen molar-refractivity contribution in [3.63, 3.8) is 0 Å². The van der Waals surface area contributed by atoms with Crippen LogP contribution < -0.4 is 5.32 Å². The third-order valence-corrected chi connectivity index (χ3v) is 4.73. The number of hydrogen-bond acceptors (Lipinski definition) is 4. The zero-order chi connectivity index (χ0) is 15.3. The van der Waals surface area contributed by atoms with E-state index in [2.05, 4.69) is 35.0 Å². The SMILES string of the molecule is CC(C)NC(C)(C#N)CCCCN1CCN(C2CC2)CC1. The van der Waals surface area contributed by atoms with Crippen molar-refractivity contribution in [3.8, 4) is 6.07 Å². The number of rotatable bonds is 8. The number of nitrogens with one attached hydrogen (secondary N) is 1. The summed E-state index contributed by atoms with van der Waals surface area (Å²) >= 11 is 0. The molecule has 1 N–H and O–H groups in total. The number of piperazine rings is 1. The summed E-state index contributed by atoms with van der Waals surface area (Å²) in [4.78, 5) is 5.26. The van der Waals surface area contributed by atoms with Crippen LogP contribution in [0.25, 0.3) is 0 Å². The molecule has 2 aliphatic rings. The first-order valence-corrected chi connectivity index (χ1v) is 8.68. The van der Waals surface area contributed by atoms with E-state index in [1.54, 1.807) is 0 Å². The van der Waals surface area contributed by atoms with Gasteiger partial charge in [0.25, 0.3) is 0 Å². The van der Waals surface area contributed by atoms with Crippen molar-refractivity contribution in [1.29, 1.82) is 5.26 Å². The fourth-order valence-corrected chi connectivity index (χ4v) is 3.40. The molecule has 2 fully saturated rings. The van der Waals surface area contributed by atoms with E-state index in [0.29, 0.717) is 6.04 Å². The third-order valence-electron chi connectivity index (χ3n) is 4.73.